The highest BCUT2D eigenvalue weighted by molar-refractivity contribution is 7.99. The Morgan fingerprint density at radius 3 is 2.87 bits per heavy atom. The minimum atomic E-state index is -0.476. The fraction of sp³-hybridized carbons (Fsp3) is 0.333. The van der Waals surface area contributed by atoms with Crippen molar-refractivity contribution < 1.29 is 10.0 Å². The van der Waals surface area contributed by atoms with Gasteiger partial charge in [0.05, 0.1) is 9.82 Å². The summed E-state index contributed by atoms with van der Waals surface area (Å²) in [6, 6.07) is 4.86. The number of para-hydroxylation sites is 1. The van der Waals surface area contributed by atoms with Gasteiger partial charge >= 0.3 is 5.69 Å². The van der Waals surface area contributed by atoms with Crippen molar-refractivity contribution in [3.63, 3.8) is 0 Å². The second-order valence-corrected chi connectivity index (χ2v) is 4.01. The predicted octanol–water partition coefficient (Wildman–Crippen LogP) is 1.65. The van der Waals surface area contributed by atoms with Gasteiger partial charge in [-0.1, -0.05) is 6.07 Å². The van der Waals surface area contributed by atoms with Gasteiger partial charge in [-0.2, -0.15) is 0 Å². The van der Waals surface area contributed by atoms with Crippen LogP contribution in [0, 0.1) is 10.1 Å². The highest BCUT2D eigenvalue weighted by Gasteiger charge is 2.17. The molecule has 82 valence electrons. The zero-order valence-electron chi connectivity index (χ0n) is 8.05. The van der Waals surface area contributed by atoms with Crippen LogP contribution in [0.4, 0.5) is 11.4 Å². The summed E-state index contributed by atoms with van der Waals surface area (Å²) < 4.78 is 0. The summed E-state index contributed by atoms with van der Waals surface area (Å²) in [5.41, 5.74) is 5.66. The number of nitro groups is 1. The van der Waals surface area contributed by atoms with Gasteiger partial charge in [-0.3, -0.25) is 10.1 Å². The summed E-state index contributed by atoms with van der Waals surface area (Å²) in [5, 5.41) is 19.3. The summed E-state index contributed by atoms with van der Waals surface area (Å²) in [5.74, 6) is 0.640. The van der Waals surface area contributed by atoms with E-state index in [0.29, 0.717) is 17.1 Å². The first-order valence-electron chi connectivity index (χ1n) is 4.43. The molecule has 0 saturated carbocycles. The van der Waals surface area contributed by atoms with E-state index in [4.69, 9.17) is 10.8 Å². The average Bonchev–Trinajstić information content (AvgIpc) is 2.17. The smallest absolute Gasteiger partial charge is 0.305 e. The molecular weight excluding hydrogens is 216 g/mol. The molecule has 1 aromatic carbocycles. The maximum atomic E-state index is 10.7. The second kappa shape index (κ2) is 5.57. The van der Waals surface area contributed by atoms with E-state index in [0.717, 1.165) is 0 Å². The van der Waals surface area contributed by atoms with Crippen molar-refractivity contribution in [2.24, 2.45) is 0 Å². The minimum absolute atomic E-state index is 0.0413. The third-order valence-electron chi connectivity index (χ3n) is 1.77. The van der Waals surface area contributed by atoms with Crippen LogP contribution in [0.2, 0.25) is 0 Å². The Bertz CT molecular complexity index is 357. The highest BCUT2D eigenvalue weighted by atomic mass is 32.2. The SMILES string of the molecule is Nc1cccc(SCCCO)c1[N+](=O)[O-]. The van der Waals surface area contributed by atoms with E-state index < -0.39 is 4.92 Å². The Kier molecular flexibility index (Phi) is 4.38. The molecule has 0 unspecified atom stereocenters. The summed E-state index contributed by atoms with van der Waals surface area (Å²) >= 11 is 1.33. The lowest BCUT2D eigenvalue weighted by molar-refractivity contribution is -0.386. The number of nitrogens with zero attached hydrogens (tertiary/aromatic N) is 1. The number of aliphatic hydroxyl groups is 1. The van der Waals surface area contributed by atoms with Crippen LogP contribution in [-0.4, -0.2) is 22.4 Å². The fourth-order valence-corrected chi connectivity index (χ4v) is 2.10. The van der Waals surface area contributed by atoms with E-state index >= 15 is 0 Å². The van der Waals surface area contributed by atoms with Crippen molar-refractivity contribution in [1.82, 2.24) is 0 Å². The lowest BCUT2D eigenvalue weighted by Crippen LogP contribution is -1.97. The van der Waals surface area contributed by atoms with Gasteiger partial charge in [-0.25, -0.2) is 0 Å². The second-order valence-electron chi connectivity index (χ2n) is 2.88. The van der Waals surface area contributed by atoms with E-state index in [1.165, 1.54) is 17.8 Å². The van der Waals surface area contributed by atoms with Crippen LogP contribution in [-0.2, 0) is 0 Å². The first-order chi connectivity index (χ1) is 7.16. The summed E-state index contributed by atoms with van der Waals surface area (Å²) in [6.45, 7) is 0.0864. The first-order valence-corrected chi connectivity index (χ1v) is 5.42. The molecule has 0 bridgehead atoms. The lowest BCUT2D eigenvalue weighted by Gasteiger charge is -2.03. The van der Waals surface area contributed by atoms with Crippen LogP contribution in [0.1, 0.15) is 6.42 Å². The Labute approximate surface area is 91.4 Å². The molecule has 3 N–H and O–H groups in total. The molecular formula is C9H12N2O3S. The Balaban J connectivity index is 2.86. The normalized spacial score (nSPS) is 10.2. The molecule has 0 amide bonds. The van der Waals surface area contributed by atoms with Gasteiger partial charge in [0.15, 0.2) is 0 Å². The molecule has 0 aliphatic heterocycles. The fourth-order valence-electron chi connectivity index (χ4n) is 1.10. The third-order valence-corrected chi connectivity index (χ3v) is 2.91. The van der Waals surface area contributed by atoms with E-state index in [-0.39, 0.29) is 18.0 Å². The van der Waals surface area contributed by atoms with Crippen molar-refractivity contribution in [3.05, 3.63) is 28.3 Å². The summed E-state index contributed by atoms with van der Waals surface area (Å²) in [6.07, 6.45) is 0.608. The first kappa shape index (κ1) is 11.8. The number of thioether (sulfide) groups is 1. The number of hydrogen-bond donors (Lipinski definition) is 2. The van der Waals surface area contributed by atoms with Gasteiger partial charge in [0.25, 0.3) is 0 Å². The van der Waals surface area contributed by atoms with Gasteiger partial charge in [-0.05, 0) is 18.6 Å². The topological polar surface area (TPSA) is 89.4 Å². The predicted molar refractivity (Wildman–Crippen MR) is 59.9 cm³/mol. The number of hydrogen-bond acceptors (Lipinski definition) is 5. The molecule has 5 nitrogen and oxygen atoms in total. The van der Waals surface area contributed by atoms with Crippen LogP contribution in [0.3, 0.4) is 0 Å². The minimum Gasteiger partial charge on any atom is -0.396 e. The quantitative estimate of drug-likeness (QED) is 0.263. The Morgan fingerprint density at radius 2 is 2.27 bits per heavy atom. The standard InChI is InChI=1S/C9H12N2O3S/c10-7-3-1-4-8(9(7)11(13)14)15-6-2-5-12/h1,3-4,12H,2,5-6,10H2. The van der Waals surface area contributed by atoms with Gasteiger partial charge in [0, 0.05) is 12.4 Å². The molecule has 0 saturated heterocycles. The molecule has 1 rings (SSSR count). The van der Waals surface area contributed by atoms with Gasteiger partial charge in [0.2, 0.25) is 0 Å². The molecule has 0 radical (unpaired) electrons. The number of nitrogens with two attached hydrogens (primary N) is 1. The summed E-state index contributed by atoms with van der Waals surface area (Å²) in [4.78, 5) is 10.8. The molecule has 0 spiro atoms. The molecule has 0 aliphatic carbocycles. The van der Waals surface area contributed by atoms with Gasteiger partial charge < -0.3 is 10.8 Å². The number of anilines is 1. The van der Waals surface area contributed by atoms with Crippen LogP contribution in [0.15, 0.2) is 23.1 Å². The zero-order chi connectivity index (χ0) is 11.3. The van der Waals surface area contributed by atoms with Crippen molar-refractivity contribution in [2.75, 3.05) is 18.1 Å². The van der Waals surface area contributed by atoms with E-state index in [2.05, 4.69) is 0 Å². The largest absolute Gasteiger partial charge is 0.396 e. The highest BCUT2D eigenvalue weighted by Crippen LogP contribution is 2.33. The van der Waals surface area contributed by atoms with Crippen molar-refractivity contribution in [3.8, 4) is 0 Å². The van der Waals surface area contributed by atoms with Crippen LogP contribution < -0.4 is 5.73 Å². The number of rotatable bonds is 5. The molecule has 0 heterocycles. The molecule has 0 aromatic heterocycles. The third kappa shape index (κ3) is 3.10. The monoisotopic (exact) mass is 228 g/mol. The number of nitrogen functional groups attached to an aromatic ring is 1. The van der Waals surface area contributed by atoms with E-state index in [1.54, 1.807) is 12.1 Å². The number of benzene rings is 1. The van der Waals surface area contributed by atoms with Crippen molar-refractivity contribution in [1.29, 1.82) is 0 Å². The van der Waals surface area contributed by atoms with E-state index in [1.807, 2.05) is 0 Å². The molecule has 15 heavy (non-hydrogen) atoms. The lowest BCUT2D eigenvalue weighted by atomic mass is 10.3. The Morgan fingerprint density at radius 1 is 1.53 bits per heavy atom. The van der Waals surface area contributed by atoms with Gasteiger partial charge in [0.1, 0.15) is 5.69 Å². The van der Waals surface area contributed by atoms with Crippen LogP contribution in [0.5, 0.6) is 0 Å². The number of nitro benzene ring substituents is 1. The average molecular weight is 228 g/mol. The summed E-state index contributed by atoms with van der Waals surface area (Å²) in [7, 11) is 0. The Hall–Kier alpha value is -1.27. The molecule has 1 aromatic rings. The van der Waals surface area contributed by atoms with Gasteiger partial charge in [-0.15, -0.1) is 11.8 Å². The van der Waals surface area contributed by atoms with Crippen molar-refractivity contribution >= 4 is 23.1 Å². The van der Waals surface area contributed by atoms with E-state index in [9.17, 15) is 10.1 Å². The molecule has 0 fully saturated rings. The molecule has 0 atom stereocenters. The van der Waals surface area contributed by atoms with Crippen molar-refractivity contribution in [2.45, 2.75) is 11.3 Å². The maximum absolute atomic E-state index is 10.7. The molecule has 6 heteroatoms. The zero-order valence-corrected chi connectivity index (χ0v) is 8.87. The molecule has 0 aliphatic rings. The van der Waals surface area contributed by atoms with Crippen LogP contribution >= 0.6 is 11.8 Å². The van der Waals surface area contributed by atoms with Crippen LogP contribution in [0.25, 0.3) is 0 Å². The maximum Gasteiger partial charge on any atom is 0.305 e. The number of aliphatic hydroxyl groups excluding tert-OH is 1.